The minimum absolute atomic E-state index is 0. The van der Waals surface area contributed by atoms with E-state index in [0.717, 1.165) is 0 Å². The molecule has 0 spiro atoms. The van der Waals surface area contributed by atoms with Gasteiger partial charge >= 0.3 is 133 Å². The standard InChI is InChI=1S/C11H17.C5H5.C2H6Si.2ClH.Hf/c1-4-9-7-8-10(5-2)11(9)6-3;1-2-4-5-3-1;1-3-2;;;/h4-7H2,1-3H3;1-3H,4H2;1-2H3;2*1H;. The van der Waals surface area contributed by atoms with E-state index in [1.165, 1.54) is 32.1 Å². The van der Waals surface area contributed by atoms with Gasteiger partial charge in [-0.25, -0.2) is 0 Å². The van der Waals surface area contributed by atoms with Crippen LogP contribution in [0.4, 0.5) is 0 Å². The van der Waals surface area contributed by atoms with Crippen molar-refractivity contribution < 1.29 is 20.1 Å². The zero-order valence-electron chi connectivity index (χ0n) is 14.6. The molecule has 0 unspecified atom stereocenters. The van der Waals surface area contributed by atoms with Crippen molar-refractivity contribution in [1.29, 1.82) is 0 Å². The Kier molecular flexibility index (Phi) is 10.8. The van der Waals surface area contributed by atoms with Crippen molar-refractivity contribution in [2.24, 2.45) is 0 Å². The first-order valence-corrected chi connectivity index (χ1v) is 19.6. The Labute approximate surface area is 157 Å². The van der Waals surface area contributed by atoms with Gasteiger partial charge in [0.05, 0.1) is 0 Å². The summed E-state index contributed by atoms with van der Waals surface area (Å²) in [6.45, 7) is 12.3. The third-order valence-electron chi connectivity index (χ3n) is 4.57. The van der Waals surface area contributed by atoms with Gasteiger partial charge in [-0.2, -0.15) is 0 Å². The molecule has 0 fully saturated rings. The number of hydrogen-bond donors (Lipinski definition) is 0. The molecule has 0 heterocycles. The van der Waals surface area contributed by atoms with Gasteiger partial charge in [-0.3, -0.25) is 0 Å². The average molecular weight is 524 g/mol. The molecule has 0 atom stereocenters. The van der Waals surface area contributed by atoms with Crippen molar-refractivity contribution in [3.63, 3.8) is 0 Å². The Balaban J connectivity index is 0.00000220. The monoisotopic (exact) mass is 524 g/mol. The summed E-state index contributed by atoms with van der Waals surface area (Å²) in [7, 11) is 0. The summed E-state index contributed by atoms with van der Waals surface area (Å²) in [5.74, 6) is 0. The second-order valence-corrected chi connectivity index (χ2v) is 30.0. The minimum Gasteiger partial charge on any atom is -0.147 e. The van der Waals surface area contributed by atoms with Crippen LogP contribution in [0.1, 0.15) is 52.9 Å². The first kappa shape index (κ1) is 22.6. The molecule has 2 rings (SSSR count). The molecular formula is C18H30Cl2HfSi. The molecule has 0 amide bonds. The molecule has 22 heavy (non-hydrogen) atoms. The van der Waals surface area contributed by atoms with Gasteiger partial charge < -0.3 is 0 Å². The molecule has 4 heteroatoms. The van der Waals surface area contributed by atoms with Crippen LogP contribution >= 0.6 is 24.8 Å². The first-order chi connectivity index (χ1) is 9.63. The molecule has 0 aromatic carbocycles. The SMILES string of the molecule is CCC1=C(CC)C(CC)=[C]([Hf]([C]2=CC=CC2)=[Si](C)C)C1.Cl.Cl. The van der Waals surface area contributed by atoms with Crippen LogP contribution in [0.3, 0.4) is 0 Å². The van der Waals surface area contributed by atoms with Gasteiger partial charge in [0, 0.05) is 0 Å². The van der Waals surface area contributed by atoms with Crippen LogP contribution in [-0.2, 0) is 20.1 Å². The third kappa shape index (κ3) is 4.59. The fourth-order valence-corrected chi connectivity index (χ4v) is 29.0. The smallest absolute Gasteiger partial charge is 0.147 e. The molecule has 0 aromatic rings. The Bertz CT molecular complexity index is 562. The molecule has 0 nitrogen and oxygen atoms in total. The maximum absolute atomic E-state index is 2.59. The van der Waals surface area contributed by atoms with Crippen LogP contribution in [-0.4, -0.2) is 5.49 Å². The number of rotatable bonds is 5. The fraction of sp³-hybridized carbons (Fsp3) is 0.556. The first-order valence-electron chi connectivity index (χ1n) is 8.11. The molecule has 0 bridgehead atoms. The van der Waals surface area contributed by atoms with Crippen molar-refractivity contribution in [2.75, 3.05) is 0 Å². The molecule has 0 N–H and O–H groups in total. The van der Waals surface area contributed by atoms with Crippen LogP contribution < -0.4 is 0 Å². The van der Waals surface area contributed by atoms with E-state index >= 15 is 0 Å². The summed E-state index contributed by atoms with van der Waals surface area (Å²) in [6.07, 6.45) is 13.6. The predicted molar refractivity (Wildman–Crippen MR) is 103 cm³/mol. The Morgan fingerprint density at radius 1 is 1.00 bits per heavy atom. The van der Waals surface area contributed by atoms with Gasteiger partial charge in [-0.15, -0.1) is 24.8 Å². The molecule has 2 aliphatic carbocycles. The average Bonchev–Trinajstić information content (AvgIpc) is 3.05. The second kappa shape index (κ2) is 10.5. The summed E-state index contributed by atoms with van der Waals surface area (Å²) >= 11 is -1.71. The molecule has 124 valence electrons. The van der Waals surface area contributed by atoms with Gasteiger partial charge in [-0.1, -0.05) is 0 Å². The molecule has 2 aliphatic rings. The number of halogens is 2. The van der Waals surface area contributed by atoms with Crippen molar-refractivity contribution in [3.8, 4) is 0 Å². The van der Waals surface area contributed by atoms with E-state index in [9.17, 15) is 0 Å². The maximum atomic E-state index is 2.59. The molecule has 0 aliphatic heterocycles. The van der Waals surface area contributed by atoms with E-state index in [1.807, 2.05) is 12.2 Å². The molecule has 0 aromatic heterocycles. The summed E-state index contributed by atoms with van der Waals surface area (Å²) in [6, 6.07) is 0. The van der Waals surface area contributed by atoms with Gasteiger partial charge in [-0.05, 0) is 0 Å². The molecule has 0 saturated carbocycles. The fourth-order valence-electron chi connectivity index (χ4n) is 3.74. The van der Waals surface area contributed by atoms with E-state index < -0.39 is 20.1 Å². The number of allylic oxidation sites excluding steroid dienone is 8. The number of hydrogen-bond acceptors (Lipinski definition) is 0. The van der Waals surface area contributed by atoms with Crippen molar-refractivity contribution >= 4 is 30.3 Å². The normalized spacial score (nSPS) is 16.5. The Morgan fingerprint density at radius 3 is 2.05 bits per heavy atom. The Hall–Kier alpha value is 0.627. The van der Waals surface area contributed by atoms with Crippen LogP contribution in [0.15, 0.2) is 41.6 Å². The minimum atomic E-state index is -1.71. The summed E-state index contributed by atoms with van der Waals surface area (Å²) in [5, 5.41) is 0. The van der Waals surface area contributed by atoms with Crippen LogP contribution in [0.5, 0.6) is 0 Å². The van der Waals surface area contributed by atoms with Crippen LogP contribution in [0.2, 0.25) is 13.1 Å². The van der Waals surface area contributed by atoms with E-state index in [-0.39, 0.29) is 30.3 Å². The van der Waals surface area contributed by atoms with Crippen LogP contribution in [0.25, 0.3) is 0 Å². The van der Waals surface area contributed by atoms with E-state index in [2.05, 4.69) is 52.1 Å². The van der Waals surface area contributed by atoms with Gasteiger partial charge in [0.15, 0.2) is 0 Å². The van der Waals surface area contributed by atoms with E-state index in [0.29, 0.717) is 0 Å². The quantitative estimate of drug-likeness (QED) is 0.351. The zero-order valence-corrected chi connectivity index (χ0v) is 20.8. The van der Waals surface area contributed by atoms with Gasteiger partial charge in [0.2, 0.25) is 0 Å². The maximum Gasteiger partial charge on any atom is -0.147 e. The third-order valence-corrected chi connectivity index (χ3v) is 29.0. The predicted octanol–water partition coefficient (Wildman–Crippen LogP) is 6.73. The van der Waals surface area contributed by atoms with E-state index in [1.54, 1.807) is 11.1 Å². The zero-order chi connectivity index (χ0) is 14.7. The van der Waals surface area contributed by atoms with Crippen molar-refractivity contribution in [1.82, 2.24) is 0 Å². The topological polar surface area (TPSA) is 0 Å². The molecule has 0 radical (unpaired) electrons. The Morgan fingerprint density at radius 2 is 1.64 bits per heavy atom. The van der Waals surface area contributed by atoms with Crippen LogP contribution in [0, 0.1) is 0 Å². The van der Waals surface area contributed by atoms with Gasteiger partial charge in [0.1, 0.15) is 0 Å². The summed E-state index contributed by atoms with van der Waals surface area (Å²) in [4.78, 5) is 0. The summed E-state index contributed by atoms with van der Waals surface area (Å²) in [5.41, 5.74) is 5.21. The molecule has 0 saturated heterocycles. The largest absolute Gasteiger partial charge is 0.147 e. The van der Waals surface area contributed by atoms with E-state index in [4.69, 9.17) is 0 Å². The van der Waals surface area contributed by atoms with Crippen molar-refractivity contribution in [3.05, 3.63) is 41.6 Å². The molecular weight excluding hydrogens is 494 g/mol. The van der Waals surface area contributed by atoms with Crippen molar-refractivity contribution in [2.45, 2.75) is 66.0 Å². The summed E-state index contributed by atoms with van der Waals surface area (Å²) < 4.78 is 3.89. The van der Waals surface area contributed by atoms with Gasteiger partial charge in [0.25, 0.3) is 0 Å². The second-order valence-electron chi connectivity index (χ2n) is 5.98.